The highest BCUT2D eigenvalue weighted by Gasteiger charge is 2.19. The third kappa shape index (κ3) is 2.32. The molecule has 1 aliphatic rings. The predicted octanol–water partition coefficient (Wildman–Crippen LogP) is 2.90. The summed E-state index contributed by atoms with van der Waals surface area (Å²) in [5.41, 5.74) is 2.59. The lowest BCUT2D eigenvalue weighted by Crippen LogP contribution is -2.14. The Morgan fingerprint density at radius 3 is 2.67 bits per heavy atom. The van der Waals surface area contributed by atoms with Crippen LogP contribution in [0, 0.1) is 6.92 Å². The van der Waals surface area contributed by atoms with Crippen molar-refractivity contribution in [3.63, 3.8) is 0 Å². The smallest absolute Gasteiger partial charge is 0.122 e. The Bertz CT molecular complexity index is 327. The quantitative estimate of drug-likeness (QED) is 0.740. The van der Waals surface area contributed by atoms with Crippen LogP contribution in [-0.2, 0) is 4.74 Å². The standard InChI is InChI=1S/C13H18O2/c1-10-3-4-12(13(9-10)14-2)11-5-7-15-8-6-11/h3-4,9,11H,5-8H2,1-2H3. The van der Waals surface area contributed by atoms with E-state index in [2.05, 4.69) is 25.1 Å². The van der Waals surface area contributed by atoms with Crippen LogP contribution < -0.4 is 4.74 Å². The van der Waals surface area contributed by atoms with Crippen molar-refractivity contribution in [2.75, 3.05) is 20.3 Å². The van der Waals surface area contributed by atoms with Crippen LogP contribution >= 0.6 is 0 Å². The minimum atomic E-state index is 0.606. The largest absolute Gasteiger partial charge is 0.496 e. The van der Waals surface area contributed by atoms with E-state index < -0.39 is 0 Å². The SMILES string of the molecule is COc1cc(C)ccc1C1CCOCC1. The van der Waals surface area contributed by atoms with Crippen molar-refractivity contribution in [3.05, 3.63) is 29.3 Å². The number of hydrogen-bond donors (Lipinski definition) is 0. The predicted molar refractivity (Wildman–Crippen MR) is 60.5 cm³/mol. The molecule has 0 saturated carbocycles. The minimum absolute atomic E-state index is 0.606. The Balaban J connectivity index is 2.25. The molecule has 0 atom stereocenters. The summed E-state index contributed by atoms with van der Waals surface area (Å²) in [6, 6.07) is 6.47. The van der Waals surface area contributed by atoms with Gasteiger partial charge in [-0.3, -0.25) is 0 Å². The van der Waals surface area contributed by atoms with Crippen molar-refractivity contribution in [2.45, 2.75) is 25.7 Å². The average Bonchev–Trinajstić information content (AvgIpc) is 2.30. The minimum Gasteiger partial charge on any atom is -0.496 e. The molecule has 0 N–H and O–H groups in total. The first-order chi connectivity index (χ1) is 7.31. The van der Waals surface area contributed by atoms with Gasteiger partial charge in [0.25, 0.3) is 0 Å². The summed E-state index contributed by atoms with van der Waals surface area (Å²) >= 11 is 0. The normalized spacial score (nSPS) is 17.7. The summed E-state index contributed by atoms with van der Waals surface area (Å²) in [6.45, 7) is 3.85. The van der Waals surface area contributed by atoms with Crippen LogP contribution in [0.5, 0.6) is 5.75 Å². The van der Waals surface area contributed by atoms with Crippen LogP contribution in [0.3, 0.4) is 0 Å². The Hall–Kier alpha value is -1.02. The van der Waals surface area contributed by atoms with Gasteiger partial charge in [0.15, 0.2) is 0 Å². The zero-order valence-electron chi connectivity index (χ0n) is 9.45. The van der Waals surface area contributed by atoms with Gasteiger partial charge in [0, 0.05) is 13.2 Å². The number of hydrogen-bond acceptors (Lipinski definition) is 2. The van der Waals surface area contributed by atoms with Crippen molar-refractivity contribution < 1.29 is 9.47 Å². The van der Waals surface area contributed by atoms with Crippen LogP contribution in [0.2, 0.25) is 0 Å². The molecule has 1 aliphatic heterocycles. The summed E-state index contributed by atoms with van der Waals surface area (Å²) in [5.74, 6) is 1.64. The number of rotatable bonds is 2. The molecule has 2 rings (SSSR count). The fourth-order valence-electron chi connectivity index (χ4n) is 2.16. The molecule has 15 heavy (non-hydrogen) atoms. The van der Waals surface area contributed by atoms with Crippen molar-refractivity contribution in [3.8, 4) is 5.75 Å². The van der Waals surface area contributed by atoms with Gasteiger partial charge in [0.2, 0.25) is 0 Å². The molecule has 0 aromatic heterocycles. The molecule has 0 amide bonds. The summed E-state index contributed by atoms with van der Waals surface area (Å²) in [6.07, 6.45) is 2.22. The Morgan fingerprint density at radius 2 is 2.00 bits per heavy atom. The summed E-state index contributed by atoms with van der Waals surface area (Å²) in [7, 11) is 1.75. The Morgan fingerprint density at radius 1 is 1.27 bits per heavy atom. The van der Waals surface area contributed by atoms with Gasteiger partial charge in [0.1, 0.15) is 5.75 Å². The molecule has 1 heterocycles. The number of methoxy groups -OCH3 is 1. The van der Waals surface area contributed by atoms with Crippen LogP contribution in [0.4, 0.5) is 0 Å². The zero-order valence-corrected chi connectivity index (χ0v) is 9.45. The van der Waals surface area contributed by atoms with Gasteiger partial charge in [-0.15, -0.1) is 0 Å². The highest BCUT2D eigenvalue weighted by atomic mass is 16.5. The van der Waals surface area contributed by atoms with Gasteiger partial charge < -0.3 is 9.47 Å². The maximum atomic E-state index is 5.44. The third-order valence-corrected chi connectivity index (χ3v) is 3.05. The number of ether oxygens (including phenoxy) is 2. The van der Waals surface area contributed by atoms with Gasteiger partial charge in [-0.2, -0.15) is 0 Å². The molecule has 82 valence electrons. The molecule has 2 nitrogen and oxygen atoms in total. The van der Waals surface area contributed by atoms with Gasteiger partial charge in [-0.1, -0.05) is 12.1 Å². The van der Waals surface area contributed by atoms with E-state index in [9.17, 15) is 0 Å². The molecule has 0 unspecified atom stereocenters. The highest BCUT2D eigenvalue weighted by Crippen LogP contribution is 2.33. The lowest BCUT2D eigenvalue weighted by atomic mass is 9.90. The van der Waals surface area contributed by atoms with E-state index in [1.807, 2.05) is 0 Å². The van der Waals surface area contributed by atoms with E-state index in [0.717, 1.165) is 31.8 Å². The first-order valence-corrected chi connectivity index (χ1v) is 5.53. The van der Waals surface area contributed by atoms with Crippen molar-refractivity contribution in [2.24, 2.45) is 0 Å². The van der Waals surface area contributed by atoms with Gasteiger partial charge in [0.05, 0.1) is 7.11 Å². The van der Waals surface area contributed by atoms with E-state index in [-0.39, 0.29) is 0 Å². The highest BCUT2D eigenvalue weighted by molar-refractivity contribution is 5.39. The average molecular weight is 206 g/mol. The van der Waals surface area contributed by atoms with Crippen LogP contribution in [0.15, 0.2) is 18.2 Å². The molecule has 1 aromatic carbocycles. The second-order valence-electron chi connectivity index (χ2n) is 4.13. The maximum absolute atomic E-state index is 5.44. The monoisotopic (exact) mass is 206 g/mol. The van der Waals surface area contributed by atoms with E-state index in [4.69, 9.17) is 9.47 Å². The molecule has 0 bridgehead atoms. The van der Waals surface area contributed by atoms with Crippen molar-refractivity contribution in [1.82, 2.24) is 0 Å². The Labute approximate surface area is 91.2 Å². The van der Waals surface area contributed by atoms with Crippen molar-refractivity contribution in [1.29, 1.82) is 0 Å². The number of benzene rings is 1. The number of aryl methyl sites for hydroxylation is 1. The Kier molecular flexibility index (Phi) is 3.27. The summed E-state index contributed by atoms with van der Waals surface area (Å²) in [5, 5.41) is 0. The van der Waals surface area contributed by atoms with E-state index >= 15 is 0 Å². The lowest BCUT2D eigenvalue weighted by Gasteiger charge is -2.24. The van der Waals surface area contributed by atoms with Crippen LogP contribution in [-0.4, -0.2) is 20.3 Å². The molecule has 2 heteroatoms. The molecule has 1 aromatic rings. The van der Waals surface area contributed by atoms with Gasteiger partial charge >= 0.3 is 0 Å². The molecular formula is C13H18O2. The summed E-state index contributed by atoms with van der Waals surface area (Å²) in [4.78, 5) is 0. The van der Waals surface area contributed by atoms with Gasteiger partial charge in [-0.05, 0) is 42.9 Å². The molecular weight excluding hydrogens is 188 g/mol. The fraction of sp³-hybridized carbons (Fsp3) is 0.538. The third-order valence-electron chi connectivity index (χ3n) is 3.05. The van der Waals surface area contributed by atoms with E-state index in [0.29, 0.717) is 5.92 Å². The molecule has 0 spiro atoms. The first-order valence-electron chi connectivity index (χ1n) is 5.53. The zero-order chi connectivity index (χ0) is 10.7. The van der Waals surface area contributed by atoms with E-state index in [1.54, 1.807) is 7.11 Å². The first kappa shape index (κ1) is 10.5. The lowest BCUT2D eigenvalue weighted by molar-refractivity contribution is 0.0848. The maximum Gasteiger partial charge on any atom is 0.122 e. The summed E-state index contributed by atoms with van der Waals surface area (Å²) < 4.78 is 10.8. The van der Waals surface area contributed by atoms with Gasteiger partial charge in [-0.25, -0.2) is 0 Å². The van der Waals surface area contributed by atoms with E-state index in [1.165, 1.54) is 11.1 Å². The van der Waals surface area contributed by atoms with Crippen molar-refractivity contribution >= 4 is 0 Å². The molecule has 0 aliphatic carbocycles. The molecule has 1 fully saturated rings. The van der Waals surface area contributed by atoms with Crippen LogP contribution in [0.25, 0.3) is 0 Å². The molecule has 0 radical (unpaired) electrons. The molecule has 1 saturated heterocycles. The second kappa shape index (κ2) is 4.67. The topological polar surface area (TPSA) is 18.5 Å². The second-order valence-corrected chi connectivity index (χ2v) is 4.13. The van der Waals surface area contributed by atoms with Crippen LogP contribution in [0.1, 0.15) is 29.9 Å². The fourth-order valence-corrected chi connectivity index (χ4v) is 2.16.